The Morgan fingerprint density at radius 1 is 1.19 bits per heavy atom. The largest absolute Gasteiger partial charge is 0.340 e. The van der Waals surface area contributed by atoms with Gasteiger partial charge in [0.25, 0.3) is 5.91 Å². The van der Waals surface area contributed by atoms with Crippen LogP contribution < -0.4 is 0 Å². The normalized spacial score (nSPS) is 23.7. The van der Waals surface area contributed by atoms with E-state index in [1.165, 1.54) is 0 Å². The summed E-state index contributed by atoms with van der Waals surface area (Å²) in [6, 6.07) is 5.68. The van der Waals surface area contributed by atoms with E-state index < -0.39 is 0 Å². The van der Waals surface area contributed by atoms with Gasteiger partial charge in [0.2, 0.25) is 5.91 Å². The molecule has 2 aromatic rings. The molecule has 2 saturated heterocycles. The second-order valence-corrected chi connectivity index (χ2v) is 7.49. The summed E-state index contributed by atoms with van der Waals surface area (Å²) in [5, 5.41) is 0. The predicted molar refractivity (Wildman–Crippen MR) is 97.9 cm³/mol. The van der Waals surface area contributed by atoms with Crippen LogP contribution >= 0.6 is 0 Å². The number of hydrogen-bond acceptors (Lipinski definition) is 4. The van der Waals surface area contributed by atoms with Crippen molar-refractivity contribution >= 4 is 17.3 Å². The minimum Gasteiger partial charge on any atom is -0.340 e. The average Bonchev–Trinajstić information content (AvgIpc) is 3.39. The molecule has 2 aliphatic rings. The Hall–Kier alpha value is -2.41. The maximum atomic E-state index is 13.0. The van der Waals surface area contributed by atoms with E-state index in [0.717, 1.165) is 38.0 Å². The fraction of sp³-hybridized carbons (Fsp3) is 0.526. The number of amides is 2. The van der Waals surface area contributed by atoms with Gasteiger partial charge >= 0.3 is 0 Å². The minimum atomic E-state index is -0.0338. The quantitative estimate of drug-likeness (QED) is 0.823. The van der Waals surface area contributed by atoms with Crippen LogP contribution in [0.3, 0.4) is 0 Å². The van der Waals surface area contributed by atoms with Crippen LogP contribution in [-0.4, -0.2) is 82.2 Å². The van der Waals surface area contributed by atoms with Gasteiger partial charge in [-0.25, -0.2) is 4.98 Å². The van der Waals surface area contributed by atoms with E-state index in [-0.39, 0.29) is 23.8 Å². The smallest absolute Gasteiger partial charge is 0.270 e. The van der Waals surface area contributed by atoms with Crippen LogP contribution in [0.2, 0.25) is 0 Å². The molecule has 7 nitrogen and oxygen atoms in total. The highest BCUT2D eigenvalue weighted by atomic mass is 16.2. The van der Waals surface area contributed by atoms with E-state index in [9.17, 15) is 9.59 Å². The molecule has 138 valence electrons. The number of nitrogens with zero attached hydrogens (tertiary/aromatic N) is 5. The number of carbonyl (C=O) groups is 2. The summed E-state index contributed by atoms with van der Waals surface area (Å²) in [7, 11) is 3.89. The van der Waals surface area contributed by atoms with Gasteiger partial charge in [0.1, 0.15) is 5.69 Å². The van der Waals surface area contributed by atoms with Crippen molar-refractivity contribution in [2.75, 3.05) is 40.3 Å². The number of fused-ring (bicyclic) bond motifs is 1. The molecule has 7 heteroatoms. The first-order valence-corrected chi connectivity index (χ1v) is 9.20. The Balaban J connectivity index is 1.44. The van der Waals surface area contributed by atoms with Gasteiger partial charge in [-0.05, 0) is 38.6 Å². The molecule has 0 radical (unpaired) electrons. The zero-order valence-electron chi connectivity index (χ0n) is 15.3. The first kappa shape index (κ1) is 17.0. The zero-order valence-corrected chi connectivity index (χ0v) is 15.3. The van der Waals surface area contributed by atoms with Gasteiger partial charge in [0.15, 0.2) is 0 Å². The molecule has 0 aromatic carbocycles. The van der Waals surface area contributed by atoms with Gasteiger partial charge in [0, 0.05) is 26.7 Å². The third-order valence-corrected chi connectivity index (χ3v) is 5.75. The Morgan fingerprint density at radius 3 is 2.81 bits per heavy atom. The summed E-state index contributed by atoms with van der Waals surface area (Å²) < 4.78 is 1.81. The molecule has 4 rings (SSSR count). The van der Waals surface area contributed by atoms with Crippen molar-refractivity contribution in [3.05, 3.63) is 36.4 Å². The first-order valence-electron chi connectivity index (χ1n) is 9.20. The number of carbonyl (C=O) groups excluding carboxylic acids is 2. The lowest BCUT2D eigenvalue weighted by atomic mass is 10.1. The molecule has 2 atom stereocenters. The first-order chi connectivity index (χ1) is 12.5. The summed E-state index contributed by atoms with van der Waals surface area (Å²) >= 11 is 0. The van der Waals surface area contributed by atoms with Gasteiger partial charge in [0.05, 0.1) is 30.0 Å². The summed E-state index contributed by atoms with van der Waals surface area (Å²) in [6.07, 6.45) is 5.17. The van der Waals surface area contributed by atoms with Crippen molar-refractivity contribution < 1.29 is 9.59 Å². The highest BCUT2D eigenvalue weighted by Crippen LogP contribution is 2.23. The van der Waals surface area contributed by atoms with Gasteiger partial charge in [-0.1, -0.05) is 6.07 Å². The van der Waals surface area contributed by atoms with Gasteiger partial charge in [-0.15, -0.1) is 0 Å². The maximum absolute atomic E-state index is 13.0. The summed E-state index contributed by atoms with van der Waals surface area (Å²) in [4.78, 5) is 35.8. The molecule has 0 saturated carbocycles. The summed E-state index contributed by atoms with van der Waals surface area (Å²) in [5.41, 5.74) is 1.50. The Bertz CT molecular complexity index is 832. The number of pyridine rings is 1. The molecule has 2 amide bonds. The molecule has 26 heavy (non-hydrogen) atoms. The molecule has 0 spiro atoms. The van der Waals surface area contributed by atoms with Crippen LogP contribution in [0.25, 0.3) is 5.52 Å². The van der Waals surface area contributed by atoms with Crippen LogP contribution in [0.5, 0.6) is 0 Å². The van der Waals surface area contributed by atoms with Crippen molar-refractivity contribution in [3.63, 3.8) is 0 Å². The number of imidazole rings is 1. The Kier molecular flexibility index (Phi) is 4.40. The third-order valence-electron chi connectivity index (χ3n) is 5.75. The molecule has 0 aliphatic carbocycles. The van der Waals surface area contributed by atoms with Gasteiger partial charge in [-0.3, -0.25) is 14.0 Å². The van der Waals surface area contributed by atoms with Crippen molar-refractivity contribution in [2.45, 2.75) is 18.9 Å². The molecule has 0 N–H and O–H groups in total. The standard InChI is InChI=1S/C19H25N5O2/c1-21-8-6-14(11-21)18(25)23-9-7-16(12-23)22(2)19(26)17-5-3-4-15-10-20-13-24(15)17/h3-5,10,13-14,16H,6-9,11-12H2,1-2H3/t14-,16?/m0/s1. The van der Waals surface area contributed by atoms with E-state index in [2.05, 4.69) is 16.9 Å². The molecular formula is C19H25N5O2. The van der Waals surface area contributed by atoms with Crippen LogP contribution in [0.1, 0.15) is 23.3 Å². The van der Waals surface area contributed by atoms with E-state index in [1.807, 2.05) is 34.5 Å². The van der Waals surface area contributed by atoms with E-state index in [0.29, 0.717) is 12.2 Å². The predicted octanol–water partition coefficient (Wildman–Crippen LogP) is 0.959. The molecular weight excluding hydrogens is 330 g/mol. The Labute approximate surface area is 153 Å². The van der Waals surface area contributed by atoms with Crippen molar-refractivity contribution in [1.82, 2.24) is 24.1 Å². The molecule has 0 bridgehead atoms. The molecule has 1 unspecified atom stereocenters. The summed E-state index contributed by atoms with van der Waals surface area (Å²) in [6.45, 7) is 3.19. The second-order valence-electron chi connectivity index (χ2n) is 7.49. The number of rotatable bonds is 3. The summed E-state index contributed by atoms with van der Waals surface area (Å²) in [5.74, 6) is 0.322. The van der Waals surface area contributed by atoms with E-state index >= 15 is 0 Å². The SMILES string of the molecule is CN1CC[C@H](C(=O)N2CCC(N(C)C(=O)c3cccc4cncn34)C2)C1. The highest BCUT2D eigenvalue weighted by molar-refractivity contribution is 5.93. The van der Waals surface area contributed by atoms with Crippen LogP contribution in [0, 0.1) is 5.92 Å². The number of hydrogen-bond donors (Lipinski definition) is 0. The lowest BCUT2D eigenvalue weighted by molar-refractivity contribution is -0.134. The van der Waals surface area contributed by atoms with Gasteiger partial charge < -0.3 is 14.7 Å². The van der Waals surface area contributed by atoms with Gasteiger partial charge in [-0.2, -0.15) is 0 Å². The molecule has 2 aliphatic heterocycles. The van der Waals surface area contributed by atoms with Crippen molar-refractivity contribution in [1.29, 1.82) is 0 Å². The lowest BCUT2D eigenvalue weighted by Gasteiger charge is -2.26. The van der Waals surface area contributed by atoms with E-state index in [4.69, 9.17) is 0 Å². The number of likely N-dealkylation sites (tertiary alicyclic amines) is 2. The van der Waals surface area contributed by atoms with Crippen molar-refractivity contribution in [2.24, 2.45) is 5.92 Å². The fourth-order valence-electron chi connectivity index (χ4n) is 4.12. The fourth-order valence-corrected chi connectivity index (χ4v) is 4.12. The van der Waals surface area contributed by atoms with Crippen LogP contribution in [-0.2, 0) is 4.79 Å². The highest BCUT2D eigenvalue weighted by Gasteiger charge is 2.36. The lowest BCUT2D eigenvalue weighted by Crippen LogP contribution is -2.42. The topological polar surface area (TPSA) is 61.2 Å². The third kappa shape index (κ3) is 2.96. The van der Waals surface area contributed by atoms with Crippen molar-refractivity contribution in [3.8, 4) is 0 Å². The second kappa shape index (κ2) is 6.72. The minimum absolute atomic E-state index is 0.0338. The van der Waals surface area contributed by atoms with Crippen LogP contribution in [0.4, 0.5) is 0 Å². The Morgan fingerprint density at radius 2 is 2.04 bits per heavy atom. The maximum Gasteiger partial charge on any atom is 0.270 e. The molecule has 2 aromatic heterocycles. The monoisotopic (exact) mass is 355 g/mol. The average molecular weight is 355 g/mol. The zero-order chi connectivity index (χ0) is 18.3. The molecule has 2 fully saturated rings. The number of likely N-dealkylation sites (N-methyl/N-ethyl adjacent to an activating group) is 1. The van der Waals surface area contributed by atoms with E-state index in [1.54, 1.807) is 17.4 Å². The molecule has 4 heterocycles. The number of aromatic nitrogens is 2. The van der Waals surface area contributed by atoms with Crippen LogP contribution in [0.15, 0.2) is 30.7 Å².